The van der Waals surface area contributed by atoms with Crippen molar-refractivity contribution in [3.63, 3.8) is 0 Å². The predicted octanol–water partition coefficient (Wildman–Crippen LogP) is 4.02. The van der Waals surface area contributed by atoms with Gasteiger partial charge in [0.1, 0.15) is 12.3 Å². The number of nitrogens with one attached hydrogen (secondary N) is 1. The Kier molecular flexibility index (Phi) is 8.87. The Morgan fingerprint density at radius 2 is 1.77 bits per heavy atom. The number of fused-ring (bicyclic) bond motifs is 1. The van der Waals surface area contributed by atoms with E-state index in [0.29, 0.717) is 50.1 Å². The molecule has 40 heavy (non-hydrogen) atoms. The highest BCUT2D eigenvalue weighted by Gasteiger charge is 2.25. The van der Waals surface area contributed by atoms with Crippen molar-refractivity contribution < 1.29 is 28.2 Å². The minimum absolute atomic E-state index is 0.0771. The van der Waals surface area contributed by atoms with E-state index in [9.17, 15) is 9.59 Å². The van der Waals surface area contributed by atoms with Gasteiger partial charge in [0.2, 0.25) is 12.7 Å². The van der Waals surface area contributed by atoms with Crippen LogP contribution in [0.1, 0.15) is 22.5 Å². The number of carbonyl (C=O) groups excluding carboxylic acids is 2. The lowest BCUT2D eigenvalue weighted by Crippen LogP contribution is -2.48. The lowest BCUT2D eigenvalue weighted by atomic mass is 10.1. The monoisotopic (exact) mass is 548 g/mol. The molecule has 0 radical (unpaired) electrons. The molecule has 3 heterocycles. The van der Waals surface area contributed by atoms with Crippen molar-refractivity contribution in [2.24, 2.45) is 0 Å². The first-order chi connectivity index (χ1) is 19.5. The number of nitrogens with zero attached hydrogens (tertiary/aromatic N) is 3. The molecular weight excluding hydrogens is 512 g/mol. The molecule has 1 fully saturated rings. The molecule has 1 aromatic heterocycles. The van der Waals surface area contributed by atoms with Crippen molar-refractivity contribution in [2.45, 2.75) is 26.9 Å². The lowest BCUT2D eigenvalue weighted by Gasteiger charge is -2.31. The minimum Gasteiger partial charge on any atom is -0.467 e. The second-order valence-electron chi connectivity index (χ2n) is 10.1. The van der Waals surface area contributed by atoms with Crippen LogP contribution >= 0.6 is 0 Å². The summed E-state index contributed by atoms with van der Waals surface area (Å²) in [5.74, 6) is 1.81. The molecule has 0 bridgehead atoms. The van der Waals surface area contributed by atoms with Crippen molar-refractivity contribution in [1.29, 1.82) is 0 Å². The number of hydrogen-bond acceptors (Lipinski definition) is 7. The van der Waals surface area contributed by atoms with E-state index in [2.05, 4.69) is 10.2 Å². The zero-order valence-electron chi connectivity index (χ0n) is 23.1. The quantitative estimate of drug-likeness (QED) is 0.409. The number of furan rings is 1. The fraction of sp³-hybridized carbons (Fsp3) is 0.400. The van der Waals surface area contributed by atoms with E-state index in [-0.39, 0.29) is 31.8 Å². The summed E-state index contributed by atoms with van der Waals surface area (Å²) in [6.07, 6.45) is 1.59. The first kappa shape index (κ1) is 27.5. The van der Waals surface area contributed by atoms with Crippen LogP contribution in [0.2, 0.25) is 0 Å². The van der Waals surface area contributed by atoms with E-state index in [4.69, 9.17) is 18.6 Å². The first-order valence-corrected chi connectivity index (χ1v) is 13.6. The maximum atomic E-state index is 13.8. The van der Waals surface area contributed by atoms with Gasteiger partial charge in [-0.15, -0.1) is 0 Å². The number of benzene rings is 2. The maximum Gasteiger partial charge on any atom is 0.322 e. The van der Waals surface area contributed by atoms with Gasteiger partial charge in [0.25, 0.3) is 0 Å². The molecule has 0 spiro atoms. The molecule has 10 nitrogen and oxygen atoms in total. The summed E-state index contributed by atoms with van der Waals surface area (Å²) in [4.78, 5) is 32.9. The Morgan fingerprint density at radius 1 is 0.950 bits per heavy atom. The third kappa shape index (κ3) is 6.94. The Morgan fingerprint density at radius 3 is 2.58 bits per heavy atom. The number of rotatable bonds is 10. The van der Waals surface area contributed by atoms with E-state index in [0.717, 1.165) is 35.5 Å². The van der Waals surface area contributed by atoms with E-state index in [1.165, 1.54) is 0 Å². The van der Waals surface area contributed by atoms with Crippen LogP contribution in [0.4, 0.5) is 10.5 Å². The number of carbonyl (C=O) groups is 2. The summed E-state index contributed by atoms with van der Waals surface area (Å²) in [5.41, 5.74) is 3.71. The molecule has 5 rings (SSSR count). The van der Waals surface area contributed by atoms with Gasteiger partial charge in [-0.3, -0.25) is 9.69 Å². The average molecular weight is 549 g/mol. The van der Waals surface area contributed by atoms with Gasteiger partial charge >= 0.3 is 6.03 Å². The van der Waals surface area contributed by atoms with Crippen LogP contribution in [0.25, 0.3) is 0 Å². The van der Waals surface area contributed by atoms with Gasteiger partial charge in [0.05, 0.1) is 26.0 Å². The van der Waals surface area contributed by atoms with Crippen LogP contribution in [-0.4, -0.2) is 79.4 Å². The van der Waals surface area contributed by atoms with E-state index >= 15 is 0 Å². The van der Waals surface area contributed by atoms with Gasteiger partial charge in [-0.05, 0) is 60.9 Å². The number of anilines is 1. The SMILES string of the molecule is Cc1cccc(NC(=O)N(CCN2CCOCC2)CC(=O)N(Cc2ccc3c(c2)OCO3)Cc2ccco2)c1C. The fourth-order valence-electron chi connectivity index (χ4n) is 4.77. The number of amides is 3. The number of hydrogen-bond donors (Lipinski definition) is 1. The summed E-state index contributed by atoms with van der Waals surface area (Å²) < 4.78 is 22.0. The third-order valence-corrected chi connectivity index (χ3v) is 7.34. The molecule has 3 aromatic rings. The predicted molar refractivity (Wildman–Crippen MR) is 149 cm³/mol. The van der Waals surface area contributed by atoms with Gasteiger partial charge in [0.15, 0.2) is 11.5 Å². The average Bonchev–Trinajstić information content (AvgIpc) is 3.65. The zero-order chi connectivity index (χ0) is 27.9. The normalized spacial score (nSPS) is 14.7. The van der Waals surface area contributed by atoms with E-state index in [1.54, 1.807) is 22.1 Å². The molecule has 2 aromatic carbocycles. The molecule has 1 N–H and O–H groups in total. The van der Waals surface area contributed by atoms with Crippen LogP contribution < -0.4 is 14.8 Å². The fourth-order valence-corrected chi connectivity index (χ4v) is 4.77. The largest absolute Gasteiger partial charge is 0.467 e. The van der Waals surface area contributed by atoms with Crippen LogP contribution in [0.15, 0.2) is 59.2 Å². The molecule has 2 aliphatic rings. The second kappa shape index (κ2) is 12.9. The standard InChI is InChI=1S/C30H36N4O6/c1-22-5-3-7-26(23(22)2)31-30(36)33(11-10-32-12-15-37-16-13-32)20-29(35)34(19-25-6-4-14-38-25)18-24-8-9-27-28(17-24)40-21-39-27/h3-9,14,17H,10-13,15-16,18-21H2,1-2H3,(H,31,36). The lowest BCUT2D eigenvalue weighted by molar-refractivity contribution is -0.133. The topological polar surface area (TPSA) is 96.7 Å². The van der Waals surface area contributed by atoms with Crippen molar-refractivity contribution in [2.75, 3.05) is 58.0 Å². The molecular formula is C30H36N4O6. The number of urea groups is 1. The number of aryl methyl sites for hydroxylation is 1. The van der Waals surface area contributed by atoms with Crippen LogP contribution in [0.3, 0.4) is 0 Å². The molecule has 10 heteroatoms. The minimum atomic E-state index is -0.309. The maximum absolute atomic E-state index is 13.8. The molecule has 0 aliphatic carbocycles. The molecule has 0 atom stereocenters. The van der Waals surface area contributed by atoms with Crippen LogP contribution in [0, 0.1) is 13.8 Å². The molecule has 0 unspecified atom stereocenters. The smallest absolute Gasteiger partial charge is 0.322 e. The van der Waals surface area contributed by atoms with Gasteiger partial charge < -0.3 is 33.7 Å². The first-order valence-electron chi connectivity index (χ1n) is 13.6. The molecule has 0 saturated carbocycles. The van der Waals surface area contributed by atoms with E-state index in [1.807, 2.05) is 56.3 Å². The molecule has 212 valence electrons. The molecule has 3 amide bonds. The number of morpholine rings is 1. The second-order valence-corrected chi connectivity index (χ2v) is 10.1. The zero-order valence-corrected chi connectivity index (χ0v) is 23.1. The summed E-state index contributed by atoms with van der Waals surface area (Å²) in [6.45, 7) is 8.68. The van der Waals surface area contributed by atoms with Crippen molar-refractivity contribution in [1.82, 2.24) is 14.7 Å². The van der Waals surface area contributed by atoms with Gasteiger partial charge in [0, 0.05) is 38.4 Å². The van der Waals surface area contributed by atoms with Crippen LogP contribution in [-0.2, 0) is 22.6 Å². The summed E-state index contributed by atoms with van der Waals surface area (Å²) in [7, 11) is 0. The summed E-state index contributed by atoms with van der Waals surface area (Å²) in [5, 5.41) is 3.03. The van der Waals surface area contributed by atoms with Crippen molar-refractivity contribution >= 4 is 17.6 Å². The Balaban J connectivity index is 1.33. The Hall–Kier alpha value is -4.02. The third-order valence-electron chi connectivity index (χ3n) is 7.34. The van der Waals surface area contributed by atoms with Gasteiger partial charge in [-0.2, -0.15) is 0 Å². The van der Waals surface area contributed by atoms with Crippen molar-refractivity contribution in [3.05, 3.63) is 77.2 Å². The Bertz CT molecular complexity index is 1310. The highest BCUT2D eigenvalue weighted by Crippen LogP contribution is 2.33. The van der Waals surface area contributed by atoms with E-state index < -0.39 is 0 Å². The summed E-state index contributed by atoms with van der Waals surface area (Å²) >= 11 is 0. The van der Waals surface area contributed by atoms with Gasteiger partial charge in [-0.1, -0.05) is 18.2 Å². The Labute approximate surface area is 234 Å². The van der Waals surface area contributed by atoms with Crippen molar-refractivity contribution in [3.8, 4) is 11.5 Å². The molecule has 1 saturated heterocycles. The van der Waals surface area contributed by atoms with Gasteiger partial charge in [-0.25, -0.2) is 4.79 Å². The van der Waals surface area contributed by atoms with Crippen LogP contribution in [0.5, 0.6) is 11.5 Å². The number of ether oxygens (including phenoxy) is 3. The highest BCUT2D eigenvalue weighted by molar-refractivity contribution is 5.93. The highest BCUT2D eigenvalue weighted by atomic mass is 16.7. The molecule has 2 aliphatic heterocycles. The summed E-state index contributed by atoms with van der Waals surface area (Å²) in [6, 6.07) is 14.8.